The second-order valence-corrected chi connectivity index (χ2v) is 8.68. The van der Waals surface area contributed by atoms with Crippen LogP contribution in [0.3, 0.4) is 0 Å². The van der Waals surface area contributed by atoms with E-state index in [1.807, 2.05) is 6.07 Å². The molecule has 0 aromatic heterocycles. The molecule has 0 amide bonds. The van der Waals surface area contributed by atoms with E-state index in [2.05, 4.69) is 39.0 Å². The third kappa shape index (κ3) is 1.85. The molecule has 4 fully saturated rings. The fourth-order valence-electron chi connectivity index (χ4n) is 5.71. The van der Waals surface area contributed by atoms with Gasteiger partial charge in [-0.3, -0.25) is 0 Å². The Balaban J connectivity index is 1.34. The number of ether oxygens (including phenoxy) is 1. The van der Waals surface area contributed by atoms with Crippen LogP contribution in [0.25, 0.3) is 0 Å². The molecule has 23 heavy (non-hydrogen) atoms. The van der Waals surface area contributed by atoms with E-state index in [9.17, 15) is 0 Å². The Morgan fingerprint density at radius 2 is 2.00 bits per heavy atom. The summed E-state index contributed by atoms with van der Waals surface area (Å²) in [5, 5.41) is 0. The zero-order chi connectivity index (χ0) is 15.8. The maximum atomic E-state index is 6.54. The summed E-state index contributed by atoms with van der Waals surface area (Å²) in [5.74, 6) is 2.87. The summed E-state index contributed by atoms with van der Waals surface area (Å²) in [4.78, 5) is 0. The number of rotatable bonds is 2. The van der Waals surface area contributed by atoms with Crippen molar-refractivity contribution in [2.75, 3.05) is 6.61 Å². The fourth-order valence-corrected chi connectivity index (χ4v) is 5.71. The lowest BCUT2D eigenvalue weighted by atomic mass is 9.43. The topological polar surface area (TPSA) is 27.7 Å². The van der Waals surface area contributed by atoms with Gasteiger partial charge in [0.05, 0.1) is 18.3 Å². The summed E-state index contributed by atoms with van der Waals surface area (Å²) >= 11 is 0. The van der Waals surface area contributed by atoms with Gasteiger partial charge in [-0.1, -0.05) is 32.0 Å². The first kappa shape index (κ1) is 14.4. The molecule has 4 heteroatoms. The van der Waals surface area contributed by atoms with Crippen molar-refractivity contribution in [1.82, 2.24) is 0 Å². The lowest BCUT2D eigenvalue weighted by Crippen LogP contribution is -2.65. The first-order chi connectivity index (χ1) is 11.0. The average molecular weight is 312 g/mol. The highest BCUT2D eigenvalue weighted by atomic mass is 16.7. The van der Waals surface area contributed by atoms with E-state index in [-0.39, 0.29) is 18.8 Å². The van der Waals surface area contributed by atoms with Crippen LogP contribution >= 0.6 is 0 Å². The number of fused-ring (bicyclic) bond motifs is 1. The Bertz CT molecular complexity index is 645. The van der Waals surface area contributed by atoms with Crippen LogP contribution in [0.5, 0.6) is 5.75 Å². The Morgan fingerprint density at radius 1 is 1.17 bits per heavy atom. The van der Waals surface area contributed by atoms with E-state index in [4.69, 9.17) is 14.0 Å². The van der Waals surface area contributed by atoms with Crippen molar-refractivity contribution in [2.45, 2.75) is 57.6 Å². The van der Waals surface area contributed by atoms with Crippen molar-refractivity contribution in [3.63, 3.8) is 0 Å². The molecule has 0 N–H and O–H groups in total. The average Bonchev–Trinajstić information content (AvgIpc) is 3.07. The molecule has 2 aliphatic heterocycles. The van der Waals surface area contributed by atoms with Crippen molar-refractivity contribution in [3.05, 3.63) is 29.8 Å². The monoisotopic (exact) mass is 312 g/mol. The highest BCUT2D eigenvalue weighted by molar-refractivity contribution is 6.45. The lowest BCUT2D eigenvalue weighted by molar-refractivity contribution is -0.199. The number of para-hydroxylation sites is 1. The van der Waals surface area contributed by atoms with Crippen LogP contribution in [0.4, 0.5) is 0 Å². The second-order valence-electron chi connectivity index (χ2n) is 8.68. The van der Waals surface area contributed by atoms with E-state index in [0.717, 1.165) is 31.0 Å². The van der Waals surface area contributed by atoms with Crippen molar-refractivity contribution < 1.29 is 14.0 Å². The molecule has 6 rings (SSSR count). The first-order valence-electron chi connectivity index (χ1n) is 9.03. The van der Waals surface area contributed by atoms with Gasteiger partial charge in [0.2, 0.25) is 0 Å². The van der Waals surface area contributed by atoms with Gasteiger partial charge in [-0.05, 0) is 49.4 Å². The van der Waals surface area contributed by atoms with Crippen molar-refractivity contribution in [1.29, 1.82) is 0 Å². The van der Waals surface area contributed by atoms with Crippen LogP contribution in [-0.4, -0.2) is 25.4 Å². The van der Waals surface area contributed by atoms with E-state index in [0.29, 0.717) is 17.3 Å². The van der Waals surface area contributed by atoms with Crippen molar-refractivity contribution >= 4 is 7.12 Å². The van der Waals surface area contributed by atoms with Crippen LogP contribution in [0.2, 0.25) is 6.32 Å². The molecule has 5 aliphatic rings. The molecule has 2 bridgehead atoms. The number of hydrogen-bond donors (Lipinski definition) is 0. The van der Waals surface area contributed by atoms with Gasteiger partial charge >= 0.3 is 7.12 Å². The molecule has 5 atom stereocenters. The van der Waals surface area contributed by atoms with E-state index < -0.39 is 0 Å². The summed E-state index contributed by atoms with van der Waals surface area (Å²) in [5.41, 5.74) is 1.62. The summed E-state index contributed by atoms with van der Waals surface area (Å²) < 4.78 is 18.7. The molecule has 3 aliphatic carbocycles. The van der Waals surface area contributed by atoms with Gasteiger partial charge in [-0.15, -0.1) is 0 Å². The Kier molecular flexibility index (Phi) is 2.84. The Hall–Kier alpha value is -0.995. The lowest BCUT2D eigenvalue weighted by Gasteiger charge is -2.64. The minimum Gasteiger partial charge on any atom is -0.493 e. The van der Waals surface area contributed by atoms with E-state index in [1.54, 1.807) is 0 Å². The molecule has 3 saturated carbocycles. The van der Waals surface area contributed by atoms with E-state index >= 15 is 0 Å². The first-order valence-corrected chi connectivity index (χ1v) is 9.03. The molecule has 1 aromatic carbocycles. The molecule has 2 heterocycles. The quantitative estimate of drug-likeness (QED) is 0.775. The summed E-state index contributed by atoms with van der Waals surface area (Å²) in [7, 11) is -0.0834. The molecule has 0 radical (unpaired) electrons. The largest absolute Gasteiger partial charge is 0.493 e. The predicted octanol–water partition coefficient (Wildman–Crippen LogP) is 3.89. The molecule has 3 nitrogen and oxygen atoms in total. The van der Waals surface area contributed by atoms with Gasteiger partial charge in [0.25, 0.3) is 0 Å². The number of hydrogen-bond acceptors (Lipinski definition) is 3. The van der Waals surface area contributed by atoms with Crippen molar-refractivity contribution in [2.24, 2.45) is 17.3 Å². The van der Waals surface area contributed by atoms with Gasteiger partial charge in [-0.25, -0.2) is 0 Å². The van der Waals surface area contributed by atoms with Gasteiger partial charge in [0, 0.05) is 11.5 Å². The predicted molar refractivity (Wildman–Crippen MR) is 89.6 cm³/mol. The van der Waals surface area contributed by atoms with Crippen LogP contribution in [0.1, 0.15) is 45.1 Å². The van der Waals surface area contributed by atoms with Crippen LogP contribution < -0.4 is 4.74 Å². The number of benzene rings is 1. The van der Waals surface area contributed by atoms with Gasteiger partial charge in [0.15, 0.2) is 0 Å². The van der Waals surface area contributed by atoms with E-state index in [1.165, 1.54) is 12.0 Å². The molecule has 1 saturated heterocycles. The second kappa shape index (κ2) is 4.55. The molecule has 122 valence electrons. The highest BCUT2D eigenvalue weighted by Gasteiger charge is 2.67. The minimum atomic E-state index is -0.0953. The fraction of sp³-hybridized carbons (Fsp3) is 0.684. The van der Waals surface area contributed by atoms with Crippen LogP contribution in [0.15, 0.2) is 24.3 Å². The normalized spacial score (nSPS) is 42.7. The van der Waals surface area contributed by atoms with Crippen LogP contribution in [0, 0.1) is 17.3 Å². The van der Waals surface area contributed by atoms with Gasteiger partial charge in [-0.2, -0.15) is 0 Å². The standard InChI is InChI=1S/C19H25BO3/c1-18(2)13-8-16(18)19(3)17(9-13)22-20(23-19)10-12-11-21-15-7-5-4-6-14(12)15/h4-7,12-13,16-17H,8-11H2,1-3H3/t12?,13-,16-,17+,19-/m0/s1. The molecular formula is C19H25BO3. The van der Waals surface area contributed by atoms with Crippen molar-refractivity contribution in [3.8, 4) is 5.75 Å². The maximum absolute atomic E-state index is 6.54. The smallest absolute Gasteiger partial charge is 0.458 e. The van der Waals surface area contributed by atoms with Gasteiger partial charge in [0.1, 0.15) is 5.75 Å². The third-order valence-electron chi connectivity index (χ3n) is 7.28. The SMILES string of the molecule is CC1(C)[C@@H]2C[C@H]3OB(CC4COc5ccccc54)O[C@@]3(C)[C@H]1C2. The zero-order valence-corrected chi connectivity index (χ0v) is 14.2. The Morgan fingerprint density at radius 3 is 2.83 bits per heavy atom. The molecule has 1 aromatic rings. The zero-order valence-electron chi connectivity index (χ0n) is 14.2. The molecule has 1 unspecified atom stereocenters. The molecule has 0 spiro atoms. The third-order valence-corrected chi connectivity index (χ3v) is 7.28. The highest BCUT2D eigenvalue weighted by Crippen LogP contribution is 2.66. The summed E-state index contributed by atoms with van der Waals surface area (Å²) in [6.07, 6.45) is 3.66. The van der Waals surface area contributed by atoms with Gasteiger partial charge < -0.3 is 14.0 Å². The maximum Gasteiger partial charge on any atom is 0.458 e. The molecular weight excluding hydrogens is 287 g/mol. The van der Waals surface area contributed by atoms with Crippen LogP contribution in [-0.2, 0) is 9.31 Å². The Labute approximate surface area is 138 Å². The summed E-state index contributed by atoms with van der Waals surface area (Å²) in [6.45, 7) is 7.86. The summed E-state index contributed by atoms with van der Waals surface area (Å²) in [6, 6.07) is 8.37. The minimum absolute atomic E-state index is 0.0834.